The standard InChI is InChI=1S/C15H19BrO3/c1-3-5-11(9-15(17)18)13-10-12(16)6-7-14(13)19-8-4-2/h6-7,9-10H,3-5,8H2,1-2H3,(H,17,18)/b11-9+. The first kappa shape index (κ1) is 15.8. The maximum absolute atomic E-state index is 10.9. The van der Waals surface area contributed by atoms with Gasteiger partial charge in [0.25, 0.3) is 0 Å². The van der Waals surface area contributed by atoms with Crippen LogP contribution in [0.2, 0.25) is 0 Å². The summed E-state index contributed by atoms with van der Waals surface area (Å²) in [6.07, 6.45) is 3.79. The lowest BCUT2D eigenvalue weighted by Crippen LogP contribution is -2.00. The van der Waals surface area contributed by atoms with Gasteiger partial charge in [-0.1, -0.05) is 36.2 Å². The summed E-state index contributed by atoms with van der Waals surface area (Å²) in [5.74, 6) is -0.184. The fourth-order valence-electron chi connectivity index (χ4n) is 1.79. The summed E-state index contributed by atoms with van der Waals surface area (Å²) in [6.45, 7) is 4.69. The van der Waals surface area contributed by atoms with Crippen LogP contribution in [-0.4, -0.2) is 17.7 Å². The lowest BCUT2D eigenvalue weighted by molar-refractivity contribution is -0.131. The van der Waals surface area contributed by atoms with E-state index in [0.717, 1.165) is 34.2 Å². The summed E-state index contributed by atoms with van der Waals surface area (Å²) in [5, 5.41) is 8.98. The van der Waals surface area contributed by atoms with Crippen molar-refractivity contribution in [3.8, 4) is 5.75 Å². The van der Waals surface area contributed by atoms with E-state index in [1.54, 1.807) is 0 Å². The van der Waals surface area contributed by atoms with Crippen molar-refractivity contribution in [2.75, 3.05) is 6.61 Å². The number of allylic oxidation sites excluding steroid dienone is 1. The third kappa shape index (κ3) is 5.07. The number of halogens is 1. The number of carbonyl (C=O) groups is 1. The summed E-state index contributed by atoms with van der Waals surface area (Å²) in [6, 6.07) is 5.69. The Bertz CT molecular complexity index is 466. The molecule has 0 amide bonds. The van der Waals surface area contributed by atoms with Crippen molar-refractivity contribution in [2.45, 2.75) is 33.1 Å². The van der Waals surface area contributed by atoms with E-state index in [2.05, 4.69) is 15.9 Å². The van der Waals surface area contributed by atoms with Crippen LogP contribution in [0, 0.1) is 0 Å². The van der Waals surface area contributed by atoms with E-state index in [-0.39, 0.29) is 0 Å². The Morgan fingerprint density at radius 2 is 2.11 bits per heavy atom. The molecule has 0 unspecified atom stereocenters. The van der Waals surface area contributed by atoms with E-state index in [4.69, 9.17) is 9.84 Å². The normalized spacial score (nSPS) is 11.4. The van der Waals surface area contributed by atoms with E-state index in [0.29, 0.717) is 13.0 Å². The van der Waals surface area contributed by atoms with Gasteiger partial charge in [0.05, 0.1) is 6.61 Å². The summed E-state index contributed by atoms with van der Waals surface area (Å²) in [5.41, 5.74) is 1.65. The number of rotatable bonds is 7. The van der Waals surface area contributed by atoms with Gasteiger partial charge in [-0.25, -0.2) is 4.79 Å². The molecule has 0 aliphatic carbocycles. The predicted octanol–water partition coefficient (Wildman–Crippen LogP) is 4.51. The Labute approximate surface area is 122 Å². The molecule has 0 aliphatic heterocycles. The van der Waals surface area contributed by atoms with Crippen LogP contribution >= 0.6 is 15.9 Å². The number of ether oxygens (including phenoxy) is 1. The van der Waals surface area contributed by atoms with Gasteiger partial charge in [-0.3, -0.25) is 0 Å². The van der Waals surface area contributed by atoms with Gasteiger partial charge in [0, 0.05) is 16.1 Å². The van der Waals surface area contributed by atoms with E-state index in [9.17, 15) is 4.79 Å². The average molecular weight is 327 g/mol. The highest BCUT2D eigenvalue weighted by atomic mass is 79.9. The second kappa shape index (κ2) is 8.00. The minimum Gasteiger partial charge on any atom is -0.493 e. The molecule has 0 radical (unpaired) electrons. The van der Waals surface area contributed by atoms with E-state index in [1.165, 1.54) is 6.08 Å². The fourth-order valence-corrected chi connectivity index (χ4v) is 2.16. The van der Waals surface area contributed by atoms with Crippen LogP contribution in [-0.2, 0) is 4.79 Å². The molecule has 1 rings (SSSR count). The molecule has 3 nitrogen and oxygen atoms in total. The van der Waals surface area contributed by atoms with Gasteiger partial charge in [0.2, 0.25) is 0 Å². The predicted molar refractivity (Wildman–Crippen MR) is 80.4 cm³/mol. The van der Waals surface area contributed by atoms with Crippen molar-refractivity contribution in [1.29, 1.82) is 0 Å². The van der Waals surface area contributed by atoms with Crippen molar-refractivity contribution in [2.24, 2.45) is 0 Å². The van der Waals surface area contributed by atoms with Gasteiger partial charge < -0.3 is 9.84 Å². The molecular formula is C15H19BrO3. The van der Waals surface area contributed by atoms with Crippen LogP contribution in [0.3, 0.4) is 0 Å². The molecule has 1 aromatic rings. The second-order valence-corrected chi connectivity index (χ2v) is 5.16. The Balaban J connectivity index is 3.18. The lowest BCUT2D eigenvalue weighted by atomic mass is 10.00. The molecule has 1 N–H and O–H groups in total. The smallest absolute Gasteiger partial charge is 0.328 e. The molecule has 0 spiro atoms. The van der Waals surface area contributed by atoms with Crippen LogP contribution in [0.25, 0.3) is 5.57 Å². The summed E-state index contributed by atoms with van der Waals surface area (Å²) in [4.78, 5) is 10.9. The second-order valence-electron chi connectivity index (χ2n) is 4.25. The number of benzene rings is 1. The molecule has 0 saturated heterocycles. The minimum absolute atomic E-state index is 0.626. The van der Waals surface area contributed by atoms with Gasteiger partial charge in [0.1, 0.15) is 5.75 Å². The maximum atomic E-state index is 10.9. The minimum atomic E-state index is -0.926. The maximum Gasteiger partial charge on any atom is 0.328 e. The van der Waals surface area contributed by atoms with Gasteiger partial charge in [-0.15, -0.1) is 0 Å². The summed E-state index contributed by atoms with van der Waals surface area (Å²) >= 11 is 3.42. The SMILES string of the molecule is CCCOc1ccc(Br)cc1/C(=C/C(=O)O)CCC. The largest absolute Gasteiger partial charge is 0.493 e. The van der Waals surface area contributed by atoms with Crippen molar-refractivity contribution in [3.63, 3.8) is 0 Å². The molecule has 1 aromatic carbocycles. The zero-order valence-electron chi connectivity index (χ0n) is 11.3. The van der Waals surface area contributed by atoms with Crippen LogP contribution < -0.4 is 4.74 Å². The number of hydrogen-bond donors (Lipinski definition) is 1. The molecule has 4 heteroatoms. The first-order valence-electron chi connectivity index (χ1n) is 6.44. The van der Waals surface area contributed by atoms with Crippen molar-refractivity contribution in [3.05, 3.63) is 34.3 Å². The van der Waals surface area contributed by atoms with Crippen LogP contribution in [0.5, 0.6) is 5.75 Å². The quantitative estimate of drug-likeness (QED) is 0.750. The molecule has 0 aromatic heterocycles. The average Bonchev–Trinajstić information content (AvgIpc) is 2.36. The van der Waals surface area contributed by atoms with Gasteiger partial charge in [0.15, 0.2) is 0 Å². The highest BCUT2D eigenvalue weighted by molar-refractivity contribution is 9.10. The van der Waals surface area contributed by atoms with Gasteiger partial charge in [-0.2, -0.15) is 0 Å². The zero-order valence-corrected chi connectivity index (χ0v) is 12.9. The third-order valence-electron chi connectivity index (χ3n) is 2.57. The van der Waals surface area contributed by atoms with Crippen LogP contribution in [0.1, 0.15) is 38.7 Å². The number of hydrogen-bond acceptors (Lipinski definition) is 2. The van der Waals surface area contributed by atoms with E-state index < -0.39 is 5.97 Å². The lowest BCUT2D eigenvalue weighted by Gasteiger charge is -2.13. The fraction of sp³-hybridized carbons (Fsp3) is 0.400. The first-order valence-corrected chi connectivity index (χ1v) is 7.24. The first-order chi connectivity index (χ1) is 9.08. The molecule has 0 atom stereocenters. The van der Waals surface area contributed by atoms with Gasteiger partial charge in [-0.05, 0) is 36.6 Å². The highest BCUT2D eigenvalue weighted by Gasteiger charge is 2.11. The zero-order chi connectivity index (χ0) is 14.3. The van der Waals surface area contributed by atoms with Crippen molar-refractivity contribution in [1.82, 2.24) is 0 Å². The molecule has 0 aliphatic rings. The van der Waals surface area contributed by atoms with Gasteiger partial charge >= 0.3 is 5.97 Å². The van der Waals surface area contributed by atoms with E-state index >= 15 is 0 Å². The topological polar surface area (TPSA) is 46.5 Å². The van der Waals surface area contributed by atoms with Crippen molar-refractivity contribution < 1.29 is 14.6 Å². The summed E-state index contributed by atoms with van der Waals surface area (Å²) in [7, 11) is 0. The molecule has 104 valence electrons. The Morgan fingerprint density at radius 3 is 2.68 bits per heavy atom. The Kier molecular flexibility index (Phi) is 6.64. The Hall–Kier alpha value is -1.29. The van der Waals surface area contributed by atoms with Crippen LogP contribution in [0.4, 0.5) is 0 Å². The number of aliphatic carboxylic acids is 1. The number of carboxylic acids is 1. The molecular weight excluding hydrogens is 308 g/mol. The monoisotopic (exact) mass is 326 g/mol. The Morgan fingerprint density at radius 1 is 1.37 bits per heavy atom. The highest BCUT2D eigenvalue weighted by Crippen LogP contribution is 2.32. The molecule has 19 heavy (non-hydrogen) atoms. The van der Waals surface area contributed by atoms with Crippen LogP contribution in [0.15, 0.2) is 28.7 Å². The third-order valence-corrected chi connectivity index (χ3v) is 3.06. The molecule has 0 fully saturated rings. The summed E-state index contributed by atoms with van der Waals surface area (Å²) < 4.78 is 6.61. The number of carboxylic acid groups (broad SMARTS) is 1. The molecule has 0 heterocycles. The molecule has 0 bridgehead atoms. The van der Waals surface area contributed by atoms with Crippen molar-refractivity contribution >= 4 is 27.5 Å². The molecule has 0 saturated carbocycles. The van der Waals surface area contributed by atoms with E-state index in [1.807, 2.05) is 32.0 Å².